The molecule has 1 heterocycles. The molecule has 2 N–H and O–H groups in total. The number of benzene rings is 1. The number of ether oxygens (including phenoxy) is 1. The summed E-state index contributed by atoms with van der Waals surface area (Å²) in [5.74, 6) is -0.0365. The lowest BCUT2D eigenvalue weighted by Gasteiger charge is -2.13. The van der Waals surface area contributed by atoms with Gasteiger partial charge in [0, 0.05) is 12.7 Å². The Balaban J connectivity index is 2.33. The van der Waals surface area contributed by atoms with Crippen molar-refractivity contribution in [2.24, 2.45) is 5.73 Å². The van der Waals surface area contributed by atoms with Crippen LogP contribution in [0.4, 0.5) is 13.2 Å². The number of nitrogens with zero attached hydrogens (tertiary/aromatic N) is 1. The van der Waals surface area contributed by atoms with Crippen molar-refractivity contribution in [2.45, 2.75) is 12.7 Å². The minimum absolute atomic E-state index is 0.222. The zero-order valence-corrected chi connectivity index (χ0v) is 9.82. The fourth-order valence-electron chi connectivity index (χ4n) is 1.55. The number of hydrogen-bond acceptors (Lipinski definition) is 3. The molecule has 2 rings (SSSR count). The fraction of sp³-hybridized carbons (Fsp3) is 0.154. The van der Waals surface area contributed by atoms with Gasteiger partial charge in [-0.15, -0.1) is 0 Å². The third-order valence-electron chi connectivity index (χ3n) is 2.43. The van der Waals surface area contributed by atoms with Gasteiger partial charge in [0.2, 0.25) is 0 Å². The van der Waals surface area contributed by atoms with Crippen LogP contribution in [0.15, 0.2) is 42.7 Å². The third kappa shape index (κ3) is 3.23. The molecule has 1 aromatic carbocycles. The molecule has 0 amide bonds. The zero-order chi connectivity index (χ0) is 13.9. The van der Waals surface area contributed by atoms with Crippen LogP contribution in [-0.4, -0.2) is 4.98 Å². The standard InChI is InChI=1S/C13H11F3N2O/c14-13(15,16)11-3-1-2-4-12(11)19-10-5-9(6-17)7-18-8-10/h1-5,7-8H,6,17H2. The molecule has 2 aromatic rings. The smallest absolute Gasteiger partial charge is 0.419 e. The van der Waals surface area contributed by atoms with E-state index in [2.05, 4.69) is 4.98 Å². The molecule has 19 heavy (non-hydrogen) atoms. The molecule has 3 nitrogen and oxygen atoms in total. The second-order valence-corrected chi connectivity index (χ2v) is 3.83. The van der Waals surface area contributed by atoms with E-state index in [1.165, 1.54) is 30.6 Å². The average molecular weight is 268 g/mol. The molecule has 0 fully saturated rings. The van der Waals surface area contributed by atoms with Gasteiger partial charge in [-0.3, -0.25) is 4.98 Å². The number of para-hydroxylation sites is 1. The number of alkyl halides is 3. The number of nitrogens with two attached hydrogens (primary N) is 1. The van der Waals surface area contributed by atoms with E-state index in [1.54, 1.807) is 6.07 Å². The lowest BCUT2D eigenvalue weighted by Crippen LogP contribution is -2.07. The summed E-state index contributed by atoms with van der Waals surface area (Å²) in [4.78, 5) is 3.86. The molecule has 0 saturated heterocycles. The van der Waals surface area contributed by atoms with Gasteiger partial charge < -0.3 is 10.5 Å². The Kier molecular flexibility index (Phi) is 3.71. The first-order valence-corrected chi connectivity index (χ1v) is 5.49. The lowest BCUT2D eigenvalue weighted by molar-refractivity contribution is -0.138. The van der Waals surface area contributed by atoms with Crippen LogP contribution in [0.5, 0.6) is 11.5 Å². The Labute approximate surface area is 107 Å². The summed E-state index contributed by atoms with van der Waals surface area (Å²) in [5, 5.41) is 0. The first-order valence-electron chi connectivity index (χ1n) is 5.49. The SMILES string of the molecule is NCc1cncc(Oc2ccccc2C(F)(F)F)c1. The minimum atomic E-state index is -4.46. The van der Waals surface area contributed by atoms with Gasteiger partial charge in [0.1, 0.15) is 11.5 Å². The molecule has 0 aliphatic heterocycles. The molecular weight excluding hydrogens is 257 g/mol. The van der Waals surface area contributed by atoms with Gasteiger partial charge in [-0.25, -0.2) is 0 Å². The van der Waals surface area contributed by atoms with E-state index in [9.17, 15) is 13.2 Å². The molecule has 100 valence electrons. The molecule has 0 aliphatic carbocycles. The Morgan fingerprint density at radius 3 is 2.58 bits per heavy atom. The Bertz CT molecular complexity index is 570. The Morgan fingerprint density at radius 2 is 1.89 bits per heavy atom. The summed E-state index contributed by atoms with van der Waals surface area (Å²) in [6.45, 7) is 0.241. The van der Waals surface area contributed by atoms with Crippen molar-refractivity contribution in [1.82, 2.24) is 4.98 Å². The predicted octanol–water partition coefficient (Wildman–Crippen LogP) is 3.35. The van der Waals surface area contributed by atoms with Gasteiger partial charge in [0.05, 0.1) is 11.8 Å². The van der Waals surface area contributed by atoms with Crippen molar-refractivity contribution in [2.75, 3.05) is 0 Å². The molecule has 0 bridgehead atoms. The fourth-order valence-corrected chi connectivity index (χ4v) is 1.55. The van der Waals surface area contributed by atoms with E-state index in [0.29, 0.717) is 5.56 Å². The molecule has 6 heteroatoms. The van der Waals surface area contributed by atoms with Crippen molar-refractivity contribution in [3.63, 3.8) is 0 Å². The van der Waals surface area contributed by atoms with Crippen molar-refractivity contribution >= 4 is 0 Å². The summed E-state index contributed by atoms with van der Waals surface area (Å²) < 4.78 is 43.6. The highest BCUT2D eigenvalue weighted by molar-refractivity contribution is 5.39. The van der Waals surface area contributed by atoms with Crippen LogP contribution < -0.4 is 10.5 Å². The van der Waals surface area contributed by atoms with E-state index in [4.69, 9.17) is 10.5 Å². The van der Waals surface area contributed by atoms with Gasteiger partial charge in [0.15, 0.2) is 0 Å². The zero-order valence-electron chi connectivity index (χ0n) is 9.82. The molecular formula is C13H11F3N2O. The first-order chi connectivity index (χ1) is 9.00. The largest absolute Gasteiger partial charge is 0.455 e. The topological polar surface area (TPSA) is 48.1 Å². The maximum absolute atomic E-state index is 12.8. The van der Waals surface area contributed by atoms with E-state index in [-0.39, 0.29) is 18.0 Å². The van der Waals surface area contributed by atoms with Crippen LogP contribution in [-0.2, 0) is 12.7 Å². The lowest BCUT2D eigenvalue weighted by atomic mass is 10.2. The van der Waals surface area contributed by atoms with Crippen molar-refractivity contribution in [3.05, 3.63) is 53.9 Å². The molecule has 0 saturated carbocycles. The number of halogens is 3. The number of pyridine rings is 1. The van der Waals surface area contributed by atoms with E-state index in [0.717, 1.165) is 6.07 Å². The summed E-state index contributed by atoms with van der Waals surface area (Å²) in [7, 11) is 0. The van der Waals surface area contributed by atoms with Crippen LogP contribution in [0.3, 0.4) is 0 Å². The molecule has 1 aromatic heterocycles. The van der Waals surface area contributed by atoms with E-state index >= 15 is 0 Å². The Hall–Kier alpha value is -2.08. The van der Waals surface area contributed by atoms with Crippen LogP contribution >= 0.6 is 0 Å². The normalized spacial score (nSPS) is 11.4. The first kappa shape index (κ1) is 13.4. The molecule has 0 atom stereocenters. The molecule has 0 unspecified atom stereocenters. The van der Waals surface area contributed by atoms with E-state index < -0.39 is 11.7 Å². The van der Waals surface area contributed by atoms with Gasteiger partial charge in [0.25, 0.3) is 0 Å². The molecule has 0 spiro atoms. The Morgan fingerprint density at radius 1 is 1.16 bits per heavy atom. The summed E-state index contributed by atoms with van der Waals surface area (Å²) >= 11 is 0. The van der Waals surface area contributed by atoms with Gasteiger partial charge in [-0.1, -0.05) is 12.1 Å². The predicted molar refractivity (Wildman–Crippen MR) is 63.6 cm³/mol. The van der Waals surface area contributed by atoms with E-state index in [1.807, 2.05) is 0 Å². The second-order valence-electron chi connectivity index (χ2n) is 3.83. The van der Waals surface area contributed by atoms with Crippen LogP contribution in [0.25, 0.3) is 0 Å². The third-order valence-corrected chi connectivity index (χ3v) is 2.43. The van der Waals surface area contributed by atoms with Crippen molar-refractivity contribution in [3.8, 4) is 11.5 Å². The average Bonchev–Trinajstić information content (AvgIpc) is 2.38. The number of rotatable bonds is 3. The minimum Gasteiger partial charge on any atom is -0.455 e. The maximum atomic E-state index is 12.8. The van der Waals surface area contributed by atoms with Crippen molar-refractivity contribution in [1.29, 1.82) is 0 Å². The molecule has 0 radical (unpaired) electrons. The van der Waals surface area contributed by atoms with Crippen LogP contribution in [0.1, 0.15) is 11.1 Å². The van der Waals surface area contributed by atoms with Crippen LogP contribution in [0, 0.1) is 0 Å². The number of hydrogen-bond donors (Lipinski definition) is 1. The summed E-state index contributed by atoms with van der Waals surface area (Å²) in [5.41, 5.74) is 5.29. The van der Waals surface area contributed by atoms with Crippen molar-refractivity contribution < 1.29 is 17.9 Å². The van der Waals surface area contributed by atoms with Crippen LogP contribution in [0.2, 0.25) is 0 Å². The van der Waals surface area contributed by atoms with Gasteiger partial charge in [-0.05, 0) is 23.8 Å². The quantitative estimate of drug-likeness (QED) is 0.928. The summed E-state index contributed by atoms with van der Waals surface area (Å²) in [6, 6.07) is 6.57. The number of aromatic nitrogens is 1. The summed E-state index contributed by atoms with van der Waals surface area (Å²) in [6.07, 6.45) is -1.59. The van der Waals surface area contributed by atoms with Gasteiger partial charge >= 0.3 is 6.18 Å². The molecule has 0 aliphatic rings. The highest BCUT2D eigenvalue weighted by atomic mass is 19.4. The maximum Gasteiger partial charge on any atom is 0.419 e. The monoisotopic (exact) mass is 268 g/mol. The van der Waals surface area contributed by atoms with Gasteiger partial charge in [-0.2, -0.15) is 13.2 Å². The highest BCUT2D eigenvalue weighted by Gasteiger charge is 2.34. The second kappa shape index (κ2) is 5.27. The highest BCUT2D eigenvalue weighted by Crippen LogP contribution is 2.37.